The molecular weight excluding hydrogens is 252 g/mol. The van der Waals surface area contributed by atoms with E-state index < -0.39 is 0 Å². The average molecular weight is 278 g/mol. The smallest absolute Gasteiger partial charge is 0.127 e. The highest BCUT2D eigenvalue weighted by Crippen LogP contribution is 2.20. The molecule has 1 aliphatic rings. The summed E-state index contributed by atoms with van der Waals surface area (Å²) in [6.07, 6.45) is 6.81. The lowest BCUT2D eigenvalue weighted by Gasteiger charge is -2.23. The number of aromatic nitrogens is 1. The summed E-state index contributed by atoms with van der Waals surface area (Å²) in [5.74, 6) is 0.940. The van der Waals surface area contributed by atoms with Crippen LogP contribution in [0.3, 0.4) is 0 Å². The fourth-order valence-corrected chi connectivity index (χ4v) is 2.35. The largest absolute Gasteiger partial charge is 0.490 e. The summed E-state index contributed by atoms with van der Waals surface area (Å²) in [6, 6.07) is 2.02. The number of hydrogen-bond donors (Lipinski definition) is 1. The summed E-state index contributed by atoms with van der Waals surface area (Å²) in [7, 11) is 0. The molecule has 1 aromatic rings. The van der Waals surface area contributed by atoms with Gasteiger partial charge >= 0.3 is 0 Å². The average Bonchev–Trinajstić information content (AvgIpc) is 2.48. The fourth-order valence-electron chi connectivity index (χ4n) is 2.35. The molecule has 112 valence electrons. The van der Waals surface area contributed by atoms with E-state index in [0.717, 1.165) is 49.5 Å². The van der Waals surface area contributed by atoms with Crippen LogP contribution in [0.4, 0.5) is 0 Å². The van der Waals surface area contributed by atoms with Crippen molar-refractivity contribution in [1.29, 1.82) is 0 Å². The third-order valence-corrected chi connectivity index (χ3v) is 3.52. The maximum atomic E-state index is 5.98. The topological polar surface area (TPSA) is 43.4 Å². The van der Waals surface area contributed by atoms with Gasteiger partial charge < -0.3 is 14.8 Å². The summed E-state index contributed by atoms with van der Waals surface area (Å²) in [5.41, 5.74) is 2.11. The summed E-state index contributed by atoms with van der Waals surface area (Å²) >= 11 is 0. The van der Waals surface area contributed by atoms with Gasteiger partial charge in [-0.25, -0.2) is 0 Å². The molecule has 4 heteroatoms. The first-order valence-electron chi connectivity index (χ1n) is 7.70. The van der Waals surface area contributed by atoms with Crippen LogP contribution in [0.2, 0.25) is 0 Å². The highest BCUT2D eigenvalue weighted by Gasteiger charge is 2.15. The molecule has 0 radical (unpaired) electrons. The minimum absolute atomic E-state index is 0.244. The molecule has 1 saturated heterocycles. The van der Waals surface area contributed by atoms with Crippen LogP contribution in [-0.4, -0.2) is 30.8 Å². The quantitative estimate of drug-likeness (QED) is 0.779. The number of nitrogens with one attached hydrogen (secondary N) is 1. The molecule has 2 heterocycles. The van der Waals surface area contributed by atoms with Crippen LogP contribution in [0.5, 0.6) is 5.75 Å². The Morgan fingerprint density at radius 2 is 2.35 bits per heavy atom. The van der Waals surface area contributed by atoms with Gasteiger partial charge in [0.25, 0.3) is 0 Å². The Bertz CT molecular complexity index is 403. The molecule has 1 aliphatic heterocycles. The first kappa shape index (κ1) is 15.3. The van der Waals surface area contributed by atoms with Crippen molar-refractivity contribution in [2.24, 2.45) is 0 Å². The van der Waals surface area contributed by atoms with E-state index in [1.54, 1.807) is 0 Å². The summed E-state index contributed by atoms with van der Waals surface area (Å²) in [5, 5.41) is 3.40. The lowest BCUT2D eigenvalue weighted by atomic mass is 10.1. The van der Waals surface area contributed by atoms with Gasteiger partial charge in [0.2, 0.25) is 0 Å². The molecule has 0 amide bonds. The molecule has 0 aromatic carbocycles. The first-order chi connectivity index (χ1) is 9.79. The number of aryl methyl sites for hydroxylation is 1. The monoisotopic (exact) mass is 278 g/mol. The second kappa shape index (κ2) is 8.22. The van der Waals surface area contributed by atoms with Gasteiger partial charge in [0.05, 0.1) is 6.10 Å². The normalized spacial score (nSPS) is 19.0. The number of ether oxygens (including phenoxy) is 2. The van der Waals surface area contributed by atoms with Gasteiger partial charge in [-0.2, -0.15) is 0 Å². The van der Waals surface area contributed by atoms with Crippen molar-refractivity contribution in [1.82, 2.24) is 10.3 Å². The van der Waals surface area contributed by atoms with Gasteiger partial charge in [0.15, 0.2) is 0 Å². The molecule has 1 aromatic heterocycles. The van der Waals surface area contributed by atoms with Gasteiger partial charge in [0, 0.05) is 36.7 Å². The van der Waals surface area contributed by atoms with Crippen molar-refractivity contribution >= 4 is 0 Å². The summed E-state index contributed by atoms with van der Waals surface area (Å²) < 4.78 is 11.7. The van der Waals surface area contributed by atoms with E-state index in [4.69, 9.17) is 9.47 Å². The van der Waals surface area contributed by atoms with Crippen molar-refractivity contribution < 1.29 is 9.47 Å². The van der Waals surface area contributed by atoms with Gasteiger partial charge in [-0.05, 0) is 39.2 Å². The van der Waals surface area contributed by atoms with Gasteiger partial charge in [-0.15, -0.1) is 0 Å². The lowest BCUT2D eigenvalue weighted by molar-refractivity contribution is -0.0112. The zero-order valence-corrected chi connectivity index (χ0v) is 12.7. The van der Waals surface area contributed by atoms with E-state index in [1.165, 1.54) is 12.8 Å². The molecular formula is C16H26N2O2. The van der Waals surface area contributed by atoms with Crippen molar-refractivity contribution in [3.8, 4) is 5.75 Å². The molecule has 1 atom stereocenters. The second-order valence-corrected chi connectivity index (χ2v) is 5.41. The van der Waals surface area contributed by atoms with Gasteiger partial charge in [-0.3, -0.25) is 4.98 Å². The zero-order chi connectivity index (χ0) is 14.2. The Kier molecular flexibility index (Phi) is 6.27. The maximum absolute atomic E-state index is 5.98. The molecule has 2 rings (SSSR count). The molecule has 1 fully saturated rings. The maximum Gasteiger partial charge on any atom is 0.127 e. The third-order valence-electron chi connectivity index (χ3n) is 3.52. The Labute approximate surface area is 121 Å². The van der Waals surface area contributed by atoms with Crippen molar-refractivity contribution in [3.63, 3.8) is 0 Å². The molecule has 0 spiro atoms. The molecule has 4 nitrogen and oxygen atoms in total. The minimum Gasteiger partial charge on any atom is -0.490 e. The van der Waals surface area contributed by atoms with Crippen LogP contribution in [0, 0.1) is 6.92 Å². The van der Waals surface area contributed by atoms with Gasteiger partial charge in [0.1, 0.15) is 12.4 Å². The van der Waals surface area contributed by atoms with Crippen molar-refractivity contribution in [2.75, 3.05) is 19.8 Å². The molecule has 1 unspecified atom stereocenters. The second-order valence-electron chi connectivity index (χ2n) is 5.41. The van der Waals surface area contributed by atoms with E-state index >= 15 is 0 Å². The van der Waals surface area contributed by atoms with Crippen LogP contribution in [0.15, 0.2) is 12.3 Å². The van der Waals surface area contributed by atoms with E-state index in [9.17, 15) is 0 Å². The van der Waals surface area contributed by atoms with Crippen molar-refractivity contribution in [2.45, 2.75) is 52.2 Å². The van der Waals surface area contributed by atoms with Crippen LogP contribution in [-0.2, 0) is 11.3 Å². The molecule has 0 bridgehead atoms. The molecule has 1 N–H and O–H groups in total. The van der Waals surface area contributed by atoms with E-state index in [0.29, 0.717) is 6.61 Å². The lowest BCUT2D eigenvalue weighted by Crippen LogP contribution is -2.26. The van der Waals surface area contributed by atoms with Crippen LogP contribution >= 0.6 is 0 Å². The summed E-state index contributed by atoms with van der Waals surface area (Å²) in [6.45, 7) is 7.49. The molecule has 0 aliphatic carbocycles. The standard InChI is InChI=1S/C16H26N2O2/c1-3-7-17-10-14-11-18-13(2)9-16(14)20-12-15-6-4-5-8-19-15/h9,11,15,17H,3-8,10,12H2,1-2H3. The number of hydrogen-bond acceptors (Lipinski definition) is 4. The van der Waals surface area contributed by atoms with E-state index in [-0.39, 0.29) is 6.10 Å². The Morgan fingerprint density at radius 1 is 1.45 bits per heavy atom. The predicted molar refractivity (Wildman–Crippen MR) is 80.1 cm³/mol. The molecule has 0 saturated carbocycles. The fraction of sp³-hybridized carbons (Fsp3) is 0.688. The Hall–Kier alpha value is -1.13. The highest BCUT2D eigenvalue weighted by atomic mass is 16.5. The SMILES string of the molecule is CCCNCc1cnc(C)cc1OCC1CCCCO1. The van der Waals surface area contributed by atoms with Crippen LogP contribution in [0.25, 0.3) is 0 Å². The Balaban J connectivity index is 1.91. The minimum atomic E-state index is 0.244. The van der Waals surface area contributed by atoms with Crippen LogP contribution in [0.1, 0.15) is 43.9 Å². The van der Waals surface area contributed by atoms with Crippen LogP contribution < -0.4 is 10.1 Å². The van der Waals surface area contributed by atoms with E-state index in [2.05, 4.69) is 17.2 Å². The molecule has 20 heavy (non-hydrogen) atoms. The highest BCUT2D eigenvalue weighted by molar-refractivity contribution is 5.32. The third kappa shape index (κ3) is 4.76. The number of pyridine rings is 1. The Morgan fingerprint density at radius 3 is 3.10 bits per heavy atom. The predicted octanol–water partition coefficient (Wildman–Crippen LogP) is 2.84. The van der Waals surface area contributed by atoms with Gasteiger partial charge in [-0.1, -0.05) is 6.92 Å². The zero-order valence-electron chi connectivity index (χ0n) is 12.7. The number of rotatable bonds is 7. The van der Waals surface area contributed by atoms with Crippen molar-refractivity contribution in [3.05, 3.63) is 23.5 Å². The van der Waals surface area contributed by atoms with E-state index in [1.807, 2.05) is 19.2 Å². The first-order valence-corrected chi connectivity index (χ1v) is 7.70. The number of nitrogens with zero attached hydrogens (tertiary/aromatic N) is 1. The summed E-state index contributed by atoms with van der Waals surface area (Å²) in [4.78, 5) is 4.36.